The van der Waals surface area contributed by atoms with Crippen LogP contribution in [-0.2, 0) is 32.1 Å². The van der Waals surface area contributed by atoms with Crippen molar-refractivity contribution in [3.63, 3.8) is 0 Å². The minimum Gasteiger partial charge on any atom is -0.488 e. The molecule has 0 unspecified atom stereocenters. The summed E-state index contributed by atoms with van der Waals surface area (Å²) in [5.41, 5.74) is 3.66. The molecule has 1 saturated heterocycles. The summed E-state index contributed by atoms with van der Waals surface area (Å²) >= 11 is 0. The number of hydrogen-bond donors (Lipinski definition) is 1. The van der Waals surface area contributed by atoms with Crippen molar-refractivity contribution < 1.29 is 41.4 Å². The fourth-order valence-corrected chi connectivity index (χ4v) is 6.90. The predicted molar refractivity (Wildman–Crippen MR) is 181 cm³/mol. The first-order chi connectivity index (χ1) is 24.6. The Labute approximate surface area is 294 Å². The molecule has 2 heterocycles. The van der Waals surface area contributed by atoms with E-state index in [1.807, 2.05) is 24.3 Å². The van der Waals surface area contributed by atoms with Crippen LogP contribution < -0.4 is 10.1 Å². The molecule has 1 aliphatic carbocycles. The van der Waals surface area contributed by atoms with Crippen LogP contribution in [0.4, 0.5) is 17.6 Å². The van der Waals surface area contributed by atoms with Crippen molar-refractivity contribution in [2.75, 3.05) is 26.8 Å². The van der Waals surface area contributed by atoms with Crippen LogP contribution in [0, 0.1) is 23.3 Å². The van der Waals surface area contributed by atoms with Crippen molar-refractivity contribution >= 4 is 23.4 Å². The van der Waals surface area contributed by atoms with Crippen molar-refractivity contribution in [1.29, 1.82) is 0 Å². The SMILES string of the molecule is COC(=O)CCCC(=O)N1C[C@H]2CC(c3ccc(CCCOc4c(F)ccc(F)c4F)cc3)=C(C(=O)N(Cc3ccccc3F)C3CC3)[C@@H](C1)N2. The molecule has 8 nitrogen and oxygen atoms in total. The molecule has 3 aromatic rings. The first-order valence-corrected chi connectivity index (χ1v) is 17.4. The molecule has 270 valence electrons. The zero-order valence-electron chi connectivity index (χ0n) is 28.4. The van der Waals surface area contributed by atoms with E-state index in [4.69, 9.17) is 9.47 Å². The summed E-state index contributed by atoms with van der Waals surface area (Å²) in [7, 11) is 1.31. The fraction of sp³-hybridized carbons (Fsp3) is 0.410. The molecule has 0 spiro atoms. The van der Waals surface area contributed by atoms with Crippen LogP contribution in [-0.4, -0.2) is 72.5 Å². The predicted octanol–water partition coefficient (Wildman–Crippen LogP) is 6.12. The highest BCUT2D eigenvalue weighted by molar-refractivity contribution is 6.03. The lowest BCUT2D eigenvalue weighted by Crippen LogP contribution is -2.62. The zero-order valence-corrected chi connectivity index (χ0v) is 28.4. The normalized spacial score (nSPS) is 18.4. The van der Waals surface area contributed by atoms with Gasteiger partial charge in [-0.25, -0.2) is 13.2 Å². The number of hydrogen-bond acceptors (Lipinski definition) is 6. The molecule has 2 aliphatic heterocycles. The lowest BCUT2D eigenvalue weighted by Gasteiger charge is -2.45. The van der Waals surface area contributed by atoms with Gasteiger partial charge in [-0.15, -0.1) is 0 Å². The number of nitrogens with zero attached hydrogens (tertiary/aromatic N) is 2. The zero-order chi connectivity index (χ0) is 36.1. The van der Waals surface area contributed by atoms with Crippen LogP contribution in [0.25, 0.3) is 5.57 Å². The van der Waals surface area contributed by atoms with E-state index in [1.165, 1.54) is 13.2 Å². The molecule has 51 heavy (non-hydrogen) atoms. The van der Waals surface area contributed by atoms with E-state index in [2.05, 4.69) is 5.32 Å². The minimum absolute atomic E-state index is 0.0119. The Balaban J connectivity index is 1.22. The number of methoxy groups -OCH3 is 1. The van der Waals surface area contributed by atoms with Gasteiger partial charge in [-0.2, -0.15) is 4.39 Å². The Bertz CT molecular complexity index is 1800. The molecule has 1 saturated carbocycles. The van der Waals surface area contributed by atoms with Crippen LogP contribution >= 0.6 is 0 Å². The summed E-state index contributed by atoms with van der Waals surface area (Å²) in [6.45, 7) is 0.837. The number of halogens is 4. The van der Waals surface area contributed by atoms with Gasteiger partial charge in [-0.3, -0.25) is 14.4 Å². The summed E-state index contributed by atoms with van der Waals surface area (Å²) < 4.78 is 66.1. The monoisotopic (exact) mass is 707 g/mol. The lowest BCUT2D eigenvalue weighted by molar-refractivity contribution is -0.141. The van der Waals surface area contributed by atoms with Gasteiger partial charge in [0.05, 0.1) is 19.8 Å². The molecule has 2 bridgehead atoms. The van der Waals surface area contributed by atoms with Crippen molar-refractivity contribution in [3.8, 4) is 5.75 Å². The molecular formula is C39H41F4N3O5. The van der Waals surface area contributed by atoms with Crippen LogP contribution in [0.2, 0.25) is 0 Å². The topological polar surface area (TPSA) is 88.2 Å². The van der Waals surface area contributed by atoms with E-state index in [9.17, 15) is 31.9 Å². The maximum Gasteiger partial charge on any atom is 0.305 e. The fourth-order valence-electron chi connectivity index (χ4n) is 6.90. The van der Waals surface area contributed by atoms with Gasteiger partial charge >= 0.3 is 5.97 Å². The number of carbonyl (C=O) groups excluding carboxylic acids is 3. The number of carbonyl (C=O) groups is 3. The van der Waals surface area contributed by atoms with Gasteiger partial charge in [-0.05, 0) is 73.4 Å². The number of ether oxygens (including phenoxy) is 2. The third-order valence-corrected chi connectivity index (χ3v) is 9.69. The van der Waals surface area contributed by atoms with Gasteiger partial charge in [0.1, 0.15) is 5.82 Å². The van der Waals surface area contributed by atoms with Crippen molar-refractivity contribution in [3.05, 3.63) is 106 Å². The highest BCUT2D eigenvalue weighted by atomic mass is 19.2. The van der Waals surface area contributed by atoms with Crippen LogP contribution in [0.5, 0.6) is 5.75 Å². The summed E-state index contributed by atoms with van der Waals surface area (Å²) in [6, 6.07) is 15.2. The second-order valence-electron chi connectivity index (χ2n) is 13.3. The van der Waals surface area contributed by atoms with E-state index >= 15 is 0 Å². The average Bonchev–Trinajstić information content (AvgIpc) is 3.97. The standard InChI is InChI=1S/C39H41F4N3O5/c1-50-35(48)10-4-9-34(47)45-22-27-20-29(25-13-11-24(12-14-25)6-5-19-51-38-32(42)18-17-31(41)37(38)43)36(33(23-45)44-27)39(49)46(28-15-16-28)21-26-7-2-3-8-30(26)40/h2-3,7-8,11-14,17-18,27-28,33,44H,4-6,9-10,15-16,19-23H2,1H3/t27-,33-/m1/s1. The summed E-state index contributed by atoms with van der Waals surface area (Å²) in [5.74, 6) is -5.27. The maximum absolute atomic E-state index is 14.8. The van der Waals surface area contributed by atoms with Gasteiger partial charge in [-0.1, -0.05) is 42.5 Å². The van der Waals surface area contributed by atoms with E-state index in [0.29, 0.717) is 49.4 Å². The number of piperazine rings is 1. The summed E-state index contributed by atoms with van der Waals surface area (Å²) in [5, 5.41) is 3.57. The molecule has 2 fully saturated rings. The Hall–Kier alpha value is -4.71. The quantitative estimate of drug-likeness (QED) is 0.0942. The maximum atomic E-state index is 14.8. The van der Waals surface area contributed by atoms with E-state index < -0.39 is 29.2 Å². The molecule has 1 N–H and O–H groups in total. The largest absolute Gasteiger partial charge is 0.488 e. The molecule has 12 heteroatoms. The molecule has 0 aromatic heterocycles. The van der Waals surface area contributed by atoms with Gasteiger partial charge in [0.25, 0.3) is 5.91 Å². The second kappa shape index (κ2) is 16.1. The third-order valence-electron chi connectivity index (χ3n) is 9.69. The van der Waals surface area contributed by atoms with Crippen LogP contribution in [0.1, 0.15) is 61.6 Å². The number of aryl methyl sites for hydroxylation is 1. The molecule has 2 amide bonds. The first kappa shape index (κ1) is 36.1. The molecule has 0 radical (unpaired) electrons. The molecule has 3 aromatic carbocycles. The Morgan fingerprint density at radius 2 is 1.63 bits per heavy atom. The number of amides is 2. The van der Waals surface area contributed by atoms with Crippen molar-refractivity contribution in [2.45, 2.75) is 76.0 Å². The highest BCUT2D eigenvalue weighted by Gasteiger charge is 2.43. The third kappa shape index (κ3) is 8.61. The van der Waals surface area contributed by atoms with E-state index in [-0.39, 0.29) is 68.2 Å². The molecular weight excluding hydrogens is 666 g/mol. The van der Waals surface area contributed by atoms with Crippen molar-refractivity contribution in [1.82, 2.24) is 15.1 Å². The smallest absolute Gasteiger partial charge is 0.305 e. The van der Waals surface area contributed by atoms with Gasteiger partial charge < -0.3 is 24.6 Å². The summed E-state index contributed by atoms with van der Waals surface area (Å²) in [6.07, 6.45) is 3.79. The van der Waals surface area contributed by atoms with Crippen molar-refractivity contribution in [2.24, 2.45) is 0 Å². The summed E-state index contributed by atoms with van der Waals surface area (Å²) in [4.78, 5) is 43.0. The second-order valence-corrected chi connectivity index (χ2v) is 13.3. The van der Waals surface area contributed by atoms with E-state index in [1.54, 1.807) is 28.0 Å². The number of esters is 1. The molecule has 6 rings (SSSR count). The highest BCUT2D eigenvalue weighted by Crippen LogP contribution is 2.38. The average molecular weight is 708 g/mol. The van der Waals surface area contributed by atoms with Gasteiger partial charge in [0, 0.05) is 55.7 Å². The number of rotatable bonds is 14. The van der Waals surface area contributed by atoms with Crippen LogP contribution in [0.15, 0.2) is 66.2 Å². The minimum atomic E-state index is -1.36. The first-order valence-electron chi connectivity index (χ1n) is 17.4. The lowest BCUT2D eigenvalue weighted by atomic mass is 9.82. The Morgan fingerprint density at radius 3 is 2.35 bits per heavy atom. The van der Waals surface area contributed by atoms with Gasteiger partial charge in [0.2, 0.25) is 11.7 Å². The van der Waals surface area contributed by atoms with Gasteiger partial charge in [0.15, 0.2) is 17.4 Å². The van der Waals surface area contributed by atoms with E-state index in [0.717, 1.165) is 35.6 Å². The molecule has 2 atom stereocenters. The number of fused-ring (bicyclic) bond motifs is 2. The number of benzene rings is 3. The van der Waals surface area contributed by atoms with Crippen LogP contribution in [0.3, 0.4) is 0 Å². The Kier molecular flexibility index (Phi) is 11.4. The Morgan fingerprint density at radius 1 is 0.882 bits per heavy atom. The molecule has 3 aliphatic rings. The number of nitrogens with one attached hydrogen (secondary N) is 1.